The second-order valence-corrected chi connectivity index (χ2v) is 7.47. The van der Waals surface area contributed by atoms with E-state index in [1.807, 2.05) is 49.9 Å². The van der Waals surface area contributed by atoms with Crippen molar-refractivity contribution < 1.29 is 4.79 Å². The number of aryl methyl sites for hydroxylation is 1. The number of nitrogens with one attached hydrogen (secondary N) is 1. The molecule has 1 atom stereocenters. The highest BCUT2D eigenvalue weighted by Crippen LogP contribution is 2.22. The quantitative estimate of drug-likeness (QED) is 0.755. The van der Waals surface area contributed by atoms with Gasteiger partial charge in [-0.25, -0.2) is 15.0 Å². The Kier molecular flexibility index (Phi) is 5.09. The molecule has 28 heavy (non-hydrogen) atoms. The van der Waals surface area contributed by atoms with Crippen LogP contribution in [0, 0.1) is 6.92 Å². The molecule has 1 aliphatic rings. The van der Waals surface area contributed by atoms with Crippen molar-refractivity contribution in [2.24, 2.45) is 7.05 Å². The highest BCUT2D eigenvalue weighted by atomic mass is 16.2. The van der Waals surface area contributed by atoms with Crippen LogP contribution in [0.2, 0.25) is 0 Å². The normalized spacial score (nSPS) is 16.2. The van der Waals surface area contributed by atoms with Crippen LogP contribution in [0.3, 0.4) is 0 Å². The molecule has 1 unspecified atom stereocenters. The lowest BCUT2D eigenvalue weighted by molar-refractivity contribution is -0.121. The third kappa shape index (κ3) is 3.62. The average molecular weight is 378 g/mol. The number of likely N-dealkylation sites (tertiary alicyclic amines) is 1. The standard InChI is InChI=1S/C21H26N6O/c1-14(27-9-5-4-6-10-27)21(28)25-20-11-18-16(12-23-20)7-8-17(24-18)19-13-22-15(2)26(19)3/h7-8,11-14H,4-6,9-10H2,1-3H3,(H,23,25,28). The number of imidazole rings is 1. The van der Waals surface area contributed by atoms with E-state index in [-0.39, 0.29) is 11.9 Å². The van der Waals surface area contributed by atoms with Gasteiger partial charge < -0.3 is 9.88 Å². The van der Waals surface area contributed by atoms with E-state index in [0.717, 1.165) is 54.0 Å². The summed E-state index contributed by atoms with van der Waals surface area (Å²) in [5.41, 5.74) is 2.61. The molecule has 0 spiro atoms. The van der Waals surface area contributed by atoms with Crippen LogP contribution in [0.5, 0.6) is 0 Å². The first kappa shape index (κ1) is 18.6. The summed E-state index contributed by atoms with van der Waals surface area (Å²) in [6, 6.07) is 5.64. The average Bonchev–Trinajstić information content (AvgIpc) is 3.06. The predicted octanol–water partition coefficient (Wildman–Crippen LogP) is 3.15. The van der Waals surface area contributed by atoms with Gasteiger partial charge >= 0.3 is 0 Å². The van der Waals surface area contributed by atoms with Crippen LogP contribution in [-0.4, -0.2) is 49.5 Å². The molecule has 1 aliphatic heterocycles. The maximum absolute atomic E-state index is 12.7. The van der Waals surface area contributed by atoms with Gasteiger partial charge in [0.2, 0.25) is 5.91 Å². The minimum atomic E-state index is -0.158. The largest absolute Gasteiger partial charge is 0.330 e. The molecular weight excluding hydrogens is 352 g/mol. The van der Waals surface area contributed by atoms with Crippen LogP contribution < -0.4 is 5.32 Å². The number of aromatic nitrogens is 4. The fourth-order valence-corrected chi connectivity index (χ4v) is 3.67. The van der Waals surface area contributed by atoms with E-state index in [9.17, 15) is 4.79 Å². The van der Waals surface area contributed by atoms with E-state index < -0.39 is 0 Å². The van der Waals surface area contributed by atoms with E-state index in [4.69, 9.17) is 4.98 Å². The zero-order chi connectivity index (χ0) is 19.7. The molecule has 0 bridgehead atoms. The van der Waals surface area contributed by atoms with Crippen molar-refractivity contribution in [1.82, 2.24) is 24.4 Å². The molecule has 1 N–H and O–H groups in total. The third-order valence-corrected chi connectivity index (χ3v) is 5.63. The van der Waals surface area contributed by atoms with E-state index in [1.54, 1.807) is 6.20 Å². The van der Waals surface area contributed by atoms with Crippen LogP contribution in [0.1, 0.15) is 32.0 Å². The van der Waals surface area contributed by atoms with Gasteiger partial charge in [-0.3, -0.25) is 9.69 Å². The van der Waals surface area contributed by atoms with Gasteiger partial charge in [0.1, 0.15) is 11.6 Å². The first-order valence-corrected chi connectivity index (χ1v) is 9.83. The van der Waals surface area contributed by atoms with Gasteiger partial charge in [0, 0.05) is 24.7 Å². The first-order chi connectivity index (χ1) is 13.5. The second-order valence-electron chi connectivity index (χ2n) is 7.47. The van der Waals surface area contributed by atoms with Crippen molar-refractivity contribution in [2.45, 2.75) is 39.2 Å². The first-order valence-electron chi connectivity index (χ1n) is 9.83. The monoisotopic (exact) mass is 378 g/mol. The van der Waals surface area contributed by atoms with Crippen molar-refractivity contribution in [3.63, 3.8) is 0 Å². The molecule has 0 saturated carbocycles. The zero-order valence-corrected chi connectivity index (χ0v) is 16.6. The van der Waals surface area contributed by atoms with Crippen molar-refractivity contribution >= 4 is 22.6 Å². The second kappa shape index (κ2) is 7.67. The van der Waals surface area contributed by atoms with E-state index >= 15 is 0 Å². The summed E-state index contributed by atoms with van der Waals surface area (Å²) < 4.78 is 2.01. The number of amides is 1. The van der Waals surface area contributed by atoms with Crippen LogP contribution in [0.4, 0.5) is 5.82 Å². The minimum Gasteiger partial charge on any atom is -0.330 e. The molecule has 146 valence electrons. The maximum Gasteiger partial charge on any atom is 0.242 e. The minimum absolute atomic E-state index is 0.0211. The predicted molar refractivity (Wildman–Crippen MR) is 110 cm³/mol. The molecule has 3 aromatic heterocycles. The number of nitrogens with zero attached hydrogens (tertiary/aromatic N) is 5. The molecule has 1 saturated heterocycles. The van der Waals surface area contributed by atoms with Gasteiger partial charge in [-0.2, -0.15) is 0 Å². The summed E-state index contributed by atoms with van der Waals surface area (Å²) in [7, 11) is 1.98. The number of hydrogen-bond acceptors (Lipinski definition) is 5. The number of piperidine rings is 1. The van der Waals surface area contributed by atoms with Gasteiger partial charge in [-0.1, -0.05) is 6.42 Å². The summed E-state index contributed by atoms with van der Waals surface area (Å²) in [5.74, 6) is 1.45. The lowest BCUT2D eigenvalue weighted by Gasteiger charge is -2.31. The smallest absolute Gasteiger partial charge is 0.242 e. The summed E-state index contributed by atoms with van der Waals surface area (Å²) in [6.45, 7) is 5.89. The summed E-state index contributed by atoms with van der Waals surface area (Å²) in [5, 5.41) is 3.89. The van der Waals surface area contributed by atoms with Crippen LogP contribution in [0.15, 0.2) is 30.6 Å². The van der Waals surface area contributed by atoms with Crippen LogP contribution in [0.25, 0.3) is 22.3 Å². The Morgan fingerprint density at radius 1 is 1.14 bits per heavy atom. The number of fused-ring (bicyclic) bond motifs is 1. The number of hydrogen-bond donors (Lipinski definition) is 1. The van der Waals surface area contributed by atoms with Crippen molar-refractivity contribution in [3.05, 3.63) is 36.4 Å². The Bertz CT molecular complexity index is 1010. The molecule has 4 rings (SSSR count). The Balaban J connectivity index is 1.56. The van der Waals surface area contributed by atoms with Gasteiger partial charge in [0.15, 0.2) is 0 Å². The zero-order valence-electron chi connectivity index (χ0n) is 16.6. The maximum atomic E-state index is 12.7. The summed E-state index contributed by atoms with van der Waals surface area (Å²) in [6.07, 6.45) is 7.15. The highest BCUT2D eigenvalue weighted by molar-refractivity contribution is 5.95. The molecule has 0 radical (unpaired) electrons. The summed E-state index contributed by atoms with van der Waals surface area (Å²) >= 11 is 0. The fraction of sp³-hybridized carbons (Fsp3) is 0.429. The number of carbonyl (C=O) groups excluding carboxylic acids is 1. The molecule has 7 heteroatoms. The lowest BCUT2D eigenvalue weighted by atomic mass is 10.1. The Labute approximate surface area is 164 Å². The molecule has 3 aromatic rings. The number of rotatable bonds is 4. The number of anilines is 1. The van der Waals surface area contributed by atoms with Crippen LogP contribution >= 0.6 is 0 Å². The van der Waals surface area contributed by atoms with E-state index in [2.05, 4.69) is 20.2 Å². The Hall–Kier alpha value is -2.80. The lowest BCUT2D eigenvalue weighted by Crippen LogP contribution is -2.44. The molecule has 0 aromatic carbocycles. The highest BCUT2D eigenvalue weighted by Gasteiger charge is 2.23. The van der Waals surface area contributed by atoms with E-state index in [1.165, 1.54) is 6.42 Å². The molecule has 7 nitrogen and oxygen atoms in total. The Morgan fingerprint density at radius 2 is 1.93 bits per heavy atom. The number of pyridine rings is 2. The Morgan fingerprint density at radius 3 is 2.64 bits per heavy atom. The van der Waals surface area contributed by atoms with Crippen molar-refractivity contribution in [3.8, 4) is 11.4 Å². The molecule has 1 amide bonds. The van der Waals surface area contributed by atoms with Gasteiger partial charge in [0.05, 0.1) is 29.1 Å². The fourth-order valence-electron chi connectivity index (χ4n) is 3.67. The SMILES string of the molecule is Cc1ncc(-c2ccc3cnc(NC(=O)C(C)N4CCCCC4)cc3n2)n1C. The van der Waals surface area contributed by atoms with Gasteiger partial charge in [0.25, 0.3) is 0 Å². The molecular formula is C21H26N6O. The summed E-state index contributed by atoms with van der Waals surface area (Å²) in [4.78, 5) is 28.4. The molecule has 1 fully saturated rings. The third-order valence-electron chi connectivity index (χ3n) is 5.63. The van der Waals surface area contributed by atoms with Crippen molar-refractivity contribution in [2.75, 3.05) is 18.4 Å². The van der Waals surface area contributed by atoms with Crippen LogP contribution in [-0.2, 0) is 11.8 Å². The van der Waals surface area contributed by atoms with E-state index in [0.29, 0.717) is 5.82 Å². The molecule has 4 heterocycles. The molecule has 0 aliphatic carbocycles. The van der Waals surface area contributed by atoms with Gasteiger partial charge in [-0.05, 0) is 51.9 Å². The number of carbonyl (C=O) groups is 1. The van der Waals surface area contributed by atoms with Gasteiger partial charge in [-0.15, -0.1) is 0 Å². The topological polar surface area (TPSA) is 75.9 Å². The van der Waals surface area contributed by atoms with Crippen molar-refractivity contribution in [1.29, 1.82) is 0 Å².